The molecule has 2 aliphatic carbocycles. The van der Waals surface area contributed by atoms with Crippen LogP contribution in [0.3, 0.4) is 0 Å². The summed E-state index contributed by atoms with van der Waals surface area (Å²) in [6.07, 6.45) is 7.79. The van der Waals surface area contributed by atoms with E-state index < -0.39 is 0 Å². The Morgan fingerprint density at radius 2 is 2.10 bits per heavy atom. The minimum atomic E-state index is 0.133. The number of nitrogens with one attached hydrogen (secondary N) is 2. The topological polar surface area (TPSA) is 69.7 Å². The molecular weight excluding hydrogens is 406 g/mol. The van der Waals surface area contributed by atoms with E-state index >= 15 is 0 Å². The lowest BCUT2D eigenvalue weighted by Crippen LogP contribution is -2.39. The van der Waals surface area contributed by atoms with Gasteiger partial charge in [-0.1, -0.05) is 19.1 Å². The summed E-state index contributed by atoms with van der Waals surface area (Å²) in [6.45, 7) is 3.83. The fraction of sp³-hybridized carbons (Fsp3) is 0.542. The predicted octanol–water partition coefficient (Wildman–Crippen LogP) is 4.90. The number of fused-ring (bicyclic) bond motifs is 3. The summed E-state index contributed by atoms with van der Waals surface area (Å²) >= 11 is 5.48. The molecule has 31 heavy (non-hydrogen) atoms. The second kappa shape index (κ2) is 7.33. The third-order valence-corrected chi connectivity index (χ3v) is 7.71. The average Bonchev–Trinajstić information content (AvgIpc) is 3.45. The van der Waals surface area contributed by atoms with E-state index in [9.17, 15) is 4.79 Å². The number of hydrogen-bond donors (Lipinski definition) is 2. The van der Waals surface area contributed by atoms with E-state index in [1.807, 2.05) is 17.0 Å². The van der Waals surface area contributed by atoms with Gasteiger partial charge in [0.1, 0.15) is 5.82 Å². The van der Waals surface area contributed by atoms with Gasteiger partial charge in [-0.05, 0) is 74.7 Å². The standard InChI is InChI=1S/C24H29N5OS/c1-14-7-10-20-19(12-14)17-5-2-6-18(21(17)25-20)23(30)28-11-3-4-15(13-28)22-26-27-24(31)29(22)16-8-9-16/h2,5-6,14-16,25H,3-4,7-13H2,1H3,(H,27,31). The molecule has 3 aromatic rings. The number of rotatable bonds is 3. The molecule has 2 unspecified atom stereocenters. The van der Waals surface area contributed by atoms with Gasteiger partial charge >= 0.3 is 0 Å². The number of aromatic nitrogens is 4. The minimum absolute atomic E-state index is 0.133. The molecule has 2 N–H and O–H groups in total. The number of amides is 1. The van der Waals surface area contributed by atoms with Crippen LogP contribution in [-0.2, 0) is 12.8 Å². The van der Waals surface area contributed by atoms with Crippen LogP contribution >= 0.6 is 12.2 Å². The number of likely N-dealkylation sites (tertiary alicyclic amines) is 1. The molecule has 1 aromatic carbocycles. The summed E-state index contributed by atoms with van der Waals surface area (Å²) in [5, 5.41) is 8.80. The summed E-state index contributed by atoms with van der Waals surface area (Å²) < 4.78 is 2.92. The van der Waals surface area contributed by atoms with E-state index in [4.69, 9.17) is 12.2 Å². The van der Waals surface area contributed by atoms with Gasteiger partial charge in [0.2, 0.25) is 0 Å². The molecule has 1 saturated carbocycles. The van der Waals surface area contributed by atoms with E-state index in [2.05, 4.69) is 32.7 Å². The lowest BCUT2D eigenvalue weighted by molar-refractivity contribution is 0.0705. The fourth-order valence-corrected chi connectivity index (χ4v) is 5.91. The zero-order valence-electron chi connectivity index (χ0n) is 18.0. The number of nitrogens with zero attached hydrogens (tertiary/aromatic N) is 3. The van der Waals surface area contributed by atoms with Crippen LogP contribution in [0, 0.1) is 10.7 Å². The highest BCUT2D eigenvalue weighted by Crippen LogP contribution is 2.39. The van der Waals surface area contributed by atoms with Crippen LogP contribution in [0.5, 0.6) is 0 Å². The van der Waals surface area contributed by atoms with Gasteiger partial charge in [0, 0.05) is 36.1 Å². The Morgan fingerprint density at radius 3 is 2.94 bits per heavy atom. The van der Waals surface area contributed by atoms with E-state index in [-0.39, 0.29) is 11.8 Å². The molecule has 6 rings (SSSR count). The first kappa shape index (κ1) is 19.3. The second-order valence-electron chi connectivity index (χ2n) is 9.74. The third-order valence-electron chi connectivity index (χ3n) is 7.42. The van der Waals surface area contributed by atoms with Crippen molar-refractivity contribution in [2.24, 2.45) is 5.92 Å². The minimum Gasteiger partial charge on any atom is -0.358 e. The first-order valence-electron chi connectivity index (χ1n) is 11.7. The summed E-state index contributed by atoms with van der Waals surface area (Å²) in [6, 6.07) is 6.70. The number of aryl methyl sites for hydroxylation is 1. The van der Waals surface area contributed by atoms with Crippen LogP contribution in [0.2, 0.25) is 0 Å². The predicted molar refractivity (Wildman–Crippen MR) is 123 cm³/mol. The van der Waals surface area contributed by atoms with Crippen molar-refractivity contribution in [1.29, 1.82) is 0 Å². The Balaban J connectivity index is 1.31. The number of carbonyl (C=O) groups is 1. The zero-order valence-corrected chi connectivity index (χ0v) is 18.8. The van der Waals surface area contributed by atoms with Gasteiger partial charge < -0.3 is 14.5 Å². The molecule has 2 aromatic heterocycles. The largest absolute Gasteiger partial charge is 0.358 e. The van der Waals surface area contributed by atoms with E-state index in [1.54, 1.807) is 0 Å². The molecule has 1 saturated heterocycles. The van der Waals surface area contributed by atoms with Gasteiger partial charge in [0.25, 0.3) is 5.91 Å². The Hall–Kier alpha value is -2.41. The molecule has 1 amide bonds. The highest BCUT2D eigenvalue weighted by atomic mass is 32.1. The fourth-order valence-electron chi connectivity index (χ4n) is 5.63. The van der Waals surface area contributed by atoms with Crippen LogP contribution in [-0.4, -0.2) is 43.6 Å². The molecule has 0 bridgehead atoms. The highest BCUT2D eigenvalue weighted by Gasteiger charge is 2.34. The summed E-state index contributed by atoms with van der Waals surface area (Å²) in [4.78, 5) is 19.3. The van der Waals surface area contributed by atoms with E-state index in [0.29, 0.717) is 18.5 Å². The van der Waals surface area contributed by atoms with Gasteiger partial charge in [0.05, 0.1) is 11.1 Å². The van der Waals surface area contributed by atoms with Crippen molar-refractivity contribution in [3.05, 3.63) is 45.6 Å². The van der Waals surface area contributed by atoms with Crippen LogP contribution in [0.25, 0.3) is 10.9 Å². The Bertz CT molecular complexity index is 1220. The van der Waals surface area contributed by atoms with Crippen LogP contribution in [0.4, 0.5) is 0 Å². The molecule has 6 nitrogen and oxygen atoms in total. The number of piperidine rings is 1. The molecule has 3 heterocycles. The quantitative estimate of drug-likeness (QED) is 0.575. The lowest BCUT2D eigenvalue weighted by Gasteiger charge is -2.32. The molecule has 2 atom stereocenters. The van der Waals surface area contributed by atoms with Crippen molar-refractivity contribution in [2.45, 2.75) is 63.8 Å². The SMILES string of the molecule is CC1CCc2[nH]c3c(C(=O)N4CCCC(c5n[nH]c(=S)n5C5CC5)C4)cccc3c2C1. The van der Waals surface area contributed by atoms with E-state index in [0.717, 1.165) is 53.9 Å². The maximum Gasteiger partial charge on any atom is 0.256 e. The number of aromatic amines is 2. The number of carbonyl (C=O) groups excluding carboxylic acids is 1. The van der Waals surface area contributed by atoms with Gasteiger partial charge in [-0.2, -0.15) is 5.10 Å². The van der Waals surface area contributed by atoms with Crippen molar-refractivity contribution >= 4 is 29.0 Å². The maximum atomic E-state index is 13.7. The van der Waals surface area contributed by atoms with Crippen molar-refractivity contribution in [3.63, 3.8) is 0 Å². The first-order chi connectivity index (χ1) is 15.1. The molecular formula is C24H29N5OS. The molecule has 1 aliphatic heterocycles. The smallest absolute Gasteiger partial charge is 0.256 e. The van der Waals surface area contributed by atoms with Crippen molar-refractivity contribution < 1.29 is 4.79 Å². The number of H-pyrrole nitrogens is 2. The maximum absolute atomic E-state index is 13.7. The van der Waals surface area contributed by atoms with Crippen molar-refractivity contribution in [3.8, 4) is 0 Å². The second-order valence-corrected chi connectivity index (χ2v) is 10.1. The average molecular weight is 436 g/mol. The zero-order chi connectivity index (χ0) is 21.1. The summed E-state index contributed by atoms with van der Waals surface area (Å²) in [5.41, 5.74) is 4.57. The Labute approximate surface area is 187 Å². The summed E-state index contributed by atoms with van der Waals surface area (Å²) in [7, 11) is 0. The molecule has 0 radical (unpaired) electrons. The highest BCUT2D eigenvalue weighted by molar-refractivity contribution is 7.71. The van der Waals surface area contributed by atoms with Crippen LogP contribution in [0.1, 0.15) is 78.4 Å². The van der Waals surface area contributed by atoms with Gasteiger partial charge in [-0.3, -0.25) is 9.89 Å². The van der Waals surface area contributed by atoms with Crippen molar-refractivity contribution in [2.75, 3.05) is 13.1 Å². The third kappa shape index (κ3) is 3.25. The van der Waals surface area contributed by atoms with Gasteiger partial charge in [-0.25, -0.2) is 0 Å². The lowest BCUT2D eigenvalue weighted by atomic mass is 9.87. The summed E-state index contributed by atoms with van der Waals surface area (Å²) in [5.74, 6) is 2.11. The van der Waals surface area contributed by atoms with Gasteiger partial charge in [0.15, 0.2) is 4.77 Å². The van der Waals surface area contributed by atoms with E-state index in [1.165, 1.54) is 35.9 Å². The Kier molecular flexibility index (Phi) is 4.56. The molecule has 2 fully saturated rings. The van der Waals surface area contributed by atoms with Crippen molar-refractivity contribution in [1.82, 2.24) is 24.6 Å². The number of para-hydroxylation sites is 1. The molecule has 7 heteroatoms. The monoisotopic (exact) mass is 435 g/mol. The number of hydrogen-bond acceptors (Lipinski definition) is 3. The molecule has 162 valence electrons. The van der Waals surface area contributed by atoms with Gasteiger partial charge in [-0.15, -0.1) is 0 Å². The molecule has 0 spiro atoms. The first-order valence-corrected chi connectivity index (χ1v) is 12.1. The Morgan fingerprint density at radius 1 is 1.23 bits per heavy atom. The van der Waals surface area contributed by atoms with Crippen LogP contribution in [0.15, 0.2) is 18.2 Å². The molecule has 3 aliphatic rings. The normalized spacial score (nSPS) is 23.8. The van der Waals surface area contributed by atoms with Crippen LogP contribution < -0.4 is 0 Å². The number of benzene rings is 1.